The third-order valence-corrected chi connectivity index (χ3v) is 5.81. The van der Waals surface area contributed by atoms with E-state index < -0.39 is 0 Å². The summed E-state index contributed by atoms with van der Waals surface area (Å²) in [5.41, 5.74) is 1.51. The fraction of sp³-hybridized carbons (Fsp3) is 0.714. The topological polar surface area (TPSA) is 71.0 Å². The molecule has 3 rings (SSSR count). The molecule has 2 N–H and O–H groups in total. The van der Waals surface area contributed by atoms with Gasteiger partial charge in [0.05, 0.1) is 19.8 Å². The summed E-state index contributed by atoms with van der Waals surface area (Å²) >= 11 is 0. The number of aliphatic imine (C=N–C) groups is 1. The van der Waals surface area contributed by atoms with E-state index in [1.807, 2.05) is 12.3 Å². The van der Waals surface area contributed by atoms with E-state index >= 15 is 0 Å². The molecular formula is C21H35N5O2. The monoisotopic (exact) mass is 389 g/mol. The average molecular weight is 390 g/mol. The molecule has 7 heteroatoms. The molecule has 2 aliphatic rings. The normalized spacial score (nSPS) is 19.2. The maximum absolute atomic E-state index is 5.47. The molecule has 0 aromatic carbocycles. The van der Waals surface area contributed by atoms with Crippen LogP contribution in [0.4, 0.5) is 5.82 Å². The van der Waals surface area contributed by atoms with Gasteiger partial charge in [0.2, 0.25) is 0 Å². The van der Waals surface area contributed by atoms with Gasteiger partial charge in [-0.3, -0.25) is 0 Å². The molecule has 0 spiro atoms. The van der Waals surface area contributed by atoms with Crippen LogP contribution in [0.5, 0.6) is 0 Å². The third-order valence-electron chi connectivity index (χ3n) is 5.81. The molecule has 0 unspecified atom stereocenters. The van der Waals surface area contributed by atoms with Gasteiger partial charge < -0.3 is 25.0 Å². The molecule has 28 heavy (non-hydrogen) atoms. The van der Waals surface area contributed by atoms with Gasteiger partial charge in [0.1, 0.15) is 5.82 Å². The highest BCUT2D eigenvalue weighted by atomic mass is 16.5. The summed E-state index contributed by atoms with van der Waals surface area (Å²) in [5.74, 6) is 1.91. The number of guanidine groups is 1. The zero-order valence-electron chi connectivity index (χ0n) is 17.4. The van der Waals surface area contributed by atoms with Crippen LogP contribution in [0.1, 0.15) is 38.2 Å². The van der Waals surface area contributed by atoms with Crippen LogP contribution in [0.25, 0.3) is 0 Å². The minimum Gasteiger partial charge on any atom is -0.385 e. The molecule has 7 nitrogen and oxygen atoms in total. The van der Waals surface area contributed by atoms with Crippen LogP contribution in [-0.4, -0.2) is 64.1 Å². The van der Waals surface area contributed by atoms with Crippen molar-refractivity contribution in [3.8, 4) is 0 Å². The second-order valence-corrected chi connectivity index (χ2v) is 7.73. The SMILES string of the molecule is CCNC(=NCc1cccnc1N1CCOCC1)NCC1(CCOC)CCC1. The predicted octanol–water partition coefficient (Wildman–Crippen LogP) is 2.18. The van der Waals surface area contributed by atoms with Crippen molar-refractivity contribution in [1.82, 2.24) is 15.6 Å². The molecule has 1 saturated carbocycles. The smallest absolute Gasteiger partial charge is 0.191 e. The molecule has 2 heterocycles. The third kappa shape index (κ3) is 5.58. The van der Waals surface area contributed by atoms with E-state index in [2.05, 4.69) is 33.5 Å². The Morgan fingerprint density at radius 2 is 2.14 bits per heavy atom. The van der Waals surface area contributed by atoms with Gasteiger partial charge in [0.25, 0.3) is 0 Å². The summed E-state index contributed by atoms with van der Waals surface area (Å²) in [6.07, 6.45) is 6.83. The van der Waals surface area contributed by atoms with Crippen LogP contribution in [0.3, 0.4) is 0 Å². The largest absolute Gasteiger partial charge is 0.385 e. The first kappa shape index (κ1) is 20.9. The second-order valence-electron chi connectivity index (χ2n) is 7.73. The first-order valence-electron chi connectivity index (χ1n) is 10.5. The number of aromatic nitrogens is 1. The van der Waals surface area contributed by atoms with Gasteiger partial charge in [-0.1, -0.05) is 12.5 Å². The van der Waals surface area contributed by atoms with Gasteiger partial charge in [-0.25, -0.2) is 9.98 Å². The number of nitrogens with one attached hydrogen (secondary N) is 2. The van der Waals surface area contributed by atoms with E-state index in [1.165, 1.54) is 19.3 Å². The van der Waals surface area contributed by atoms with E-state index in [-0.39, 0.29) is 0 Å². The van der Waals surface area contributed by atoms with Crippen molar-refractivity contribution in [2.24, 2.45) is 10.4 Å². The molecule has 0 amide bonds. The lowest BCUT2D eigenvalue weighted by molar-refractivity contribution is 0.0732. The molecule has 156 valence electrons. The van der Waals surface area contributed by atoms with E-state index in [1.54, 1.807) is 7.11 Å². The number of hydrogen-bond donors (Lipinski definition) is 2. The van der Waals surface area contributed by atoms with Crippen LogP contribution in [0, 0.1) is 5.41 Å². The highest BCUT2D eigenvalue weighted by Gasteiger charge is 2.36. The summed E-state index contributed by atoms with van der Waals surface area (Å²) in [7, 11) is 1.78. The highest BCUT2D eigenvalue weighted by molar-refractivity contribution is 5.79. The summed E-state index contributed by atoms with van der Waals surface area (Å²) in [5, 5.41) is 6.95. The molecular weight excluding hydrogens is 354 g/mol. The van der Waals surface area contributed by atoms with Crippen LogP contribution in [-0.2, 0) is 16.0 Å². The number of ether oxygens (including phenoxy) is 2. The fourth-order valence-electron chi connectivity index (χ4n) is 3.90. The van der Waals surface area contributed by atoms with Crippen molar-refractivity contribution in [2.45, 2.75) is 39.2 Å². The van der Waals surface area contributed by atoms with Gasteiger partial charge in [-0.2, -0.15) is 0 Å². The predicted molar refractivity (Wildman–Crippen MR) is 113 cm³/mol. The number of anilines is 1. The number of rotatable bonds is 9. The summed E-state index contributed by atoms with van der Waals surface area (Å²) in [6.45, 7) is 8.62. The molecule has 2 fully saturated rings. The quantitative estimate of drug-likeness (QED) is 0.498. The molecule has 1 aliphatic heterocycles. The summed E-state index contributed by atoms with van der Waals surface area (Å²) in [6, 6.07) is 4.11. The number of nitrogens with zero attached hydrogens (tertiary/aromatic N) is 3. The van der Waals surface area contributed by atoms with E-state index in [0.29, 0.717) is 12.0 Å². The number of methoxy groups -OCH3 is 1. The van der Waals surface area contributed by atoms with Gasteiger partial charge in [0, 0.05) is 51.7 Å². The lowest BCUT2D eigenvalue weighted by Gasteiger charge is -2.42. The van der Waals surface area contributed by atoms with Gasteiger partial charge >= 0.3 is 0 Å². The lowest BCUT2D eigenvalue weighted by atomic mass is 9.67. The zero-order chi connectivity index (χ0) is 19.7. The van der Waals surface area contributed by atoms with Gasteiger partial charge in [-0.15, -0.1) is 0 Å². The Labute approximate surface area is 168 Å². The standard InChI is InChI=1S/C21H35N5O2/c1-3-22-20(25-17-21(7-5-8-21)9-13-27-2)24-16-18-6-4-10-23-19(18)26-11-14-28-15-12-26/h4,6,10H,3,5,7-9,11-17H2,1-2H3,(H2,22,24,25). The zero-order valence-corrected chi connectivity index (χ0v) is 17.4. The summed E-state index contributed by atoms with van der Waals surface area (Å²) in [4.78, 5) is 11.8. The van der Waals surface area contributed by atoms with E-state index in [0.717, 1.165) is 69.8 Å². The van der Waals surface area contributed by atoms with Crippen molar-refractivity contribution < 1.29 is 9.47 Å². The van der Waals surface area contributed by atoms with Crippen LogP contribution >= 0.6 is 0 Å². The Bertz CT molecular complexity index is 627. The summed E-state index contributed by atoms with van der Waals surface area (Å²) < 4.78 is 10.8. The van der Waals surface area contributed by atoms with Crippen molar-refractivity contribution in [3.05, 3.63) is 23.9 Å². The minimum absolute atomic E-state index is 0.361. The Morgan fingerprint density at radius 3 is 2.82 bits per heavy atom. The maximum Gasteiger partial charge on any atom is 0.191 e. The van der Waals surface area contributed by atoms with Crippen LogP contribution in [0.2, 0.25) is 0 Å². The van der Waals surface area contributed by atoms with E-state index in [4.69, 9.17) is 14.5 Å². The van der Waals surface area contributed by atoms with Crippen molar-refractivity contribution in [2.75, 3.05) is 58.0 Å². The second kappa shape index (κ2) is 10.6. The molecule has 0 atom stereocenters. The lowest BCUT2D eigenvalue weighted by Crippen LogP contribution is -2.47. The molecule has 0 radical (unpaired) electrons. The maximum atomic E-state index is 5.47. The number of morpholine rings is 1. The average Bonchev–Trinajstić information content (AvgIpc) is 2.71. The van der Waals surface area contributed by atoms with Gasteiger partial charge in [-0.05, 0) is 37.7 Å². The van der Waals surface area contributed by atoms with Crippen LogP contribution in [0.15, 0.2) is 23.3 Å². The Morgan fingerprint density at radius 1 is 1.32 bits per heavy atom. The van der Waals surface area contributed by atoms with Crippen molar-refractivity contribution in [1.29, 1.82) is 0 Å². The van der Waals surface area contributed by atoms with Gasteiger partial charge in [0.15, 0.2) is 5.96 Å². The van der Waals surface area contributed by atoms with Crippen molar-refractivity contribution in [3.63, 3.8) is 0 Å². The molecule has 1 aromatic heterocycles. The Balaban J connectivity index is 1.63. The molecule has 1 saturated heterocycles. The first-order valence-corrected chi connectivity index (χ1v) is 10.5. The number of pyridine rings is 1. The van der Waals surface area contributed by atoms with E-state index in [9.17, 15) is 0 Å². The van der Waals surface area contributed by atoms with Crippen LogP contribution < -0.4 is 15.5 Å². The first-order chi connectivity index (χ1) is 13.8. The Hall–Kier alpha value is -1.86. The molecule has 1 aromatic rings. The fourth-order valence-corrected chi connectivity index (χ4v) is 3.90. The molecule has 0 bridgehead atoms. The van der Waals surface area contributed by atoms with Crippen molar-refractivity contribution >= 4 is 11.8 Å². The minimum atomic E-state index is 0.361. The Kier molecular flexibility index (Phi) is 7.91. The molecule has 1 aliphatic carbocycles. The number of hydrogen-bond acceptors (Lipinski definition) is 5. The highest BCUT2D eigenvalue weighted by Crippen LogP contribution is 2.43.